The van der Waals surface area contributed by atoms with Crippen LogP contribution in [-0.4, -0.2) is 25.9 Å². The molecule has 4 aromatic rings. The molecule has 2 N–H and O–H groups in total. The minimum absolute atomic E-state index is 0.138. The van der Waals surface area contributed by atoms with Gasteiger partial charge in [0.05, 0.1) is 0 Å². The highest BCUT2D eigenvalue weighted by Crippen LogP contribution is 2.18. The lowest BCUT2D eigenvalue weighted by atomic mass is 10.1. The van der Waals surface area contributed by atoms with Gasteiger partial charge in [0, 0.05) is 29.3 Å². The van der Waals surface area contributed by atoms with E-state index in [4.69, 9.17) is 0 Å². The molecule has 2 heterocycles. The number of hydrogen-bond donors (Lipinski definition) is 2. The smallest absolute Gasteiger partial charge is 0.255 e. The third-order valence-electron chi connectivity index (χ3n) is 4.12. The van der Waals surface area contributed by atoms with Gasteiger partial charge in [-0.3, -0.25) is 4.79 Å². The molecule has 1 amide bonds. The van der Waals surface area contributed by atoms with E-state index < -0.39 is 0 Å². The van der Waals surface area contributed by atoms with E-state index >= 15 is 0 Å². The van der Waals surface area contributed by atoms with Gasteiger partial charge >= 0.3 is 0 Å². The van der Waals surface area contributed by atoms with Crippen molar-refractivity contribution in [1.82, 2.24) is 20.0 Å². The minimum atomic E-state index is -0.138. The van der Waals surface area contributed by atoms with Gasteiger partial charge in [-0.25, -0.2) is 4.68 Å². The summed E-state index contributed by atoms with van der Waals surface area (Å²) in [7, 11) is 0. The Morgan fingerprint density at radius 3 is 2.29 bits per heavy atom. The van der Waals surface area contributed by atoms with Crippen molar-refractivity contribution in [3.63, 3.8) is 0 Å². The third kappa shape index (κ3) is 4.04. The molecule has 4 rings (SSSR count). The molecule has 0 aliphatic carbocycles. The van der Waals surface area contributed by atoms with E-state index in [1.54, 1.807) is 17.1 Å². The highest BCUT2D eigenvalue weighted by atomic mass is 16.1. The quantitative estimate of drug-likeness (QED) is 0.555. The van der Waals surface area contributed by atoms with Gasteiger partial charge in [-0.15, -0.1) is 10.2 Å². The molecule has 0 bridgehead atoms. The third-order valence-corrected chi connectivity index (χ3v) is 4.12. The number of aromatic nitrogens is 4. The van der Waals surface area contributed by atoms with E-state index in [1.165, 1.54) is 0 Å². The first-order valence-corrected chi connectivity index (χ1v) is 8.76. The number of rotatable bonds is 5. The Labute approximate surface area is 162 Å². The van der Waals surface area contributed by atoms with E-state index in [9.17, 15) is 4.79 Å². The van der Waals surface area contributed by atoms with Crippen LogP contribution in [0.3, 0.4) is 0 Å². The van der Waals surface area contributed by atoms with E-state index in [-0.39, 0.29) is 5.91 Å². The summed E-state index contributed by atoms with van der Waals surface area (Å²) in [5.74, 6) is 1.12. The molecule has 0 aliphatic rings. The molecular weight excluding hydrogens is 352 g/mol. The van der Waals surface area contributed by atoms with Crippen LogP contribution in [0.5, 0.6) is 0 Å². The molecule has 2 aromatic carbocycles. The van der Waals surface area contributed by atoms with E-state index in [0.29, 0.717) is 17.2 Å². The lowest BCUT2D eigenvalue weighted by molar-refractivity contribution is 0.102. The molecule has 2 aromatic heterocycles. The first kappa shape index (κ1) is 17.4. The highest BCUT2D eigenvalue weighted by Gasteiger charge is 2.06. The summed E-state index contributed by atoms with van der Waals surface area (Å²) in [5, 5.41) is 18.5. The molecule has 138 valence electrons. The lowest BCUT2D eigenvalue weighted by Crippen LogP contribution is -2.11. The molecule has 0 saturated heterocycles. The highest BCUT2D eigenvalue weighted by molar-refractivity contribution is 6.04. The molecule has 0 atom stereocenters. The summed E-state index contributed by atoms with van der Waals surface area (Å²) in [5.41, 5.74) is 3.30. The van der Waals surface area contributed by atoms with Crippen molar-refractivity contribution < 1.29 is 4.79 Å². The number of carbonyl (C=O) groups is 1. The summed E-state index contributed by atoms with van der Waals surface area (Å²) in [6.45, 7) is 1.99. The lowest BCUT2D eigenvalue weighted by Gasteiger charge is -2.08. The van der Waals surface area contributed by atoms with Crippen LogP contribution in [0.1, 0.15) is 15.9 Å². The summed E-state index contributed by atoms with van der Waals surface area (Å²) >= 11 is 0. The van der Waals surface area contributed by atoms with Gasteiger partial charge in [0.15, 0.2) is 11.6 Å². The number of anilines is 3. The fourth-order valence-corrected chi connectivity index (χ4v) is 2.61. The minimum Gasteiger partial charge on any atom is -0.339 e. The molecule has 28 heavy (non-hydrogen) atoms. The van der Waals surface area contributed by atoms with E-state index in [0.717, 1.165) is 16.9 Å². The number of nitrogens with zero attached hydrogens (tertiary/aromatic N) is 4. The van der Waals surface area contributed by atoms with Gasteiger partial charge in [-0.2, -0.15) is 5.10 Å². The van der Waals surface area contributed by atoms with Gasteiger partial charge in [-0.1, -0.05) is 17.7 Å². The average molecular weight is 370 g/mol. The van der Waals surface area contributed by atoms with Crippen molar-refractivity contribution >= 4 is 23.1 Å². The molecule has 7 heteroatoms. The molecule has 0 unspecified atom stereocenters. The van der Waals surface area contributed by atoms with Gasteiger partial charge in [0.2, 0.25) is 0 Å². The fourth-order valence-electron chi connectivity index (χ4n) is 2.61. The zero-order valence-corrected chi connectivity index (χ0v) is 15.2. The second-order valence-corrected chi connectivity index (χ2v) is 6.25. The first-order valence-electron chi connectivity index (χ1n) is 8.76. The Bertz CT molecular complexity index is 1060. The Morgan fingerprint density at radius 2 is 1.64 bits per heavy atom. The van der Waals surface area contributed by atoms with Crippen LogP contribution < -0.4 is 10.6 Å². The first-order chi connectivity index (χ1) is 13.7. The van der Waals surface area contributed by atoms with Gasteiger partial charge < -0.3 is 10.6 Å². The zero-order chi connectivity index (χ0) is 19.3. The fraction of sp³-hybridized carbons (Fsp3) is 0.0476. The summed E-state index contributed by atoms with van der Waals surface area (Å²) in [4.78, 5) is 12.3. The Morgan fingerprint density at radius 1 is 0.893 bits per heavy atom. The number of aryl methyl sites for hydroxylation is 1. The van der Waals surface area contributed by atoms with Gasteiger partial charge in [-0.05, 0) is 61.5 Å². The van der Waals surface area contributed by atoms with Crippen molar-refractivity contribution in [1.29, 1.82) is 0 Å². The average Bonchev–Trinajstić information content (AvgIpc) is 3.25. The van der Waals surface area contributed by atoms with Crippen LogP contribution in [0, 0.1) is 6.92 Å². The number of carbonyl (C=O) groups excluding carboxylic acids is 1. The van der Waals surface area contributed by atoms with Crippen LogP contribution >= 0.6 is 0 Å². The predicted octanol–water partition coefficient (Wildman–Crippen LogP) is 3.97. The number of nitrogens with one attached hydrogen (secondary N) is 2. The number of benzene rings is 2. The van der Waals surface area contributed by atoms with Crippen LogP contribution in [0.15, 0.2) is 79.1 Å². The van der Waals surface area contributed by atoms with Crippen LogP contribution in [0.25, 0.3) is 5.82 Å². The van der Waals surface area contributed by atoms with Crippen LogP contribution in [0.4, 0.5) is 17.2 Å². The monoisotopic (exact) mass is 370 g/mol. The topological polar surface area (TPSA) is 84.7 Å². The Hall–Kier alpha value is -4.00. The molecule has 0 spiro atoms. The van der Waals surface area contributed by atoms with Crippen molar-refractivity contribution in [3.8, 4) is 5.82 Å². The van der Waals surface area contributed by atoms with E-state index in [1.807, 2.05) is 73.7 Å². The predicted molar refractivity (Wildman–Crippen MR) is 108 cm³/mol. The van der Waals surface area contributed by atoms with Crippen LogP contribution in [0.2, 0.25) is 0 Å². The summed E-state index contributed by atoms with van der Waals surface area (Å²) in [6.07, 6.45) is 3.49. The maximum absolute atomic E-state index is 12.3. The maximum atomic E-state index is 12.3. The molecule has 0 radical (unpaired) electrons. The SMILES string of the molecule is Cc1ccc(C(=O)Nc2ccc(Nc3ccc(-n4cccn4)nn3)cc2)cc1. The standard InChI is InChI=1S/C21H18N6O/c1-15-3-5-16(6-4-15)21(28)24-18-9-7-17(8-10-18)23-19-11-12-20(26-25-19)27-14-2-13-22-27/h2-14H,1H3,(H,23,25)(H,24,28). The molecule has 0 aliphatic heterocycles. The maximum Gasteiger partial charge on any atom is 0.255 e. The van der Waals surface area contributed by atoms with Crippen molar-refractivity contribution in [2.45, 2.75) is 6.92 Å². The van der Waals surface area contributed by atoms with Crippen molar-refractivity contribution in [3.05, 3.63) is 90.3 Å². The zero-order valence-electron chi connectivity index (χ0n) is 15.2. The Kier molecular flexibility index (Phi) is 4.79. The molecular formula is C21H18N6O. The normalized spacial score (nSPS) is 10.5. The Balaban J connectivity index is 1.39. The second-order valence-electron chi connectivity index (χ2n) is 6.25. The molecule has 7 nitrogen and oxygen atoms in total. The van der Waals surface area contributed by atoms with Gasteiger partial charge in [0.25, 0.3) is 5.91 Å². The summed E-state index contributed by atoms with van der Waals surface area (Å²) < 4.78 is 1.64. The van der Waals surface area contributed by atoms with E-state index in [2.05, 4.69) is 25.9 Å². The van der Waals surface area contributed by atoms with Crippen molar-refractivity contribution in [2.24, 2.45) is 0 Å². The second kappa shape index (κ2) is 7.71. The number of hydrogen-bond acceptors (Lipinski definition) is 5. The molecule has 0 saturated carbocycles. The number of amides is 1. The van der Waals surface area contributed by atoms with Crippen LogP contribution in [-0.2, 0) is 0 Å². The molecule has 0 fully saturated rings. The largest absolute Gasteiger partial charge is 0.339 e. The van der Waals surface area contributed by atoms with Crippen molar-refractivity contribution in [2.75, 3.05) is 10.6 Å². The van der Waals surface area contributed by atoms with Gasteiger partial charge in [0.1, 0.15) is 0 Å². The summed E-state index contributed by atoms with van der Waals surface area (Å²) in [6, 6.07) is 20.4.